The first kappa shape index (κ1) is 23.2. The number of halogens is 2. The highest BCUT2D eigenvalue weighted by molar-refractivity contribution is 6.30. The van der Waals surface area contributed by atoms with Crippen LogP contribution in [0.2, 0.25) is 5.02 Å². The Balaban J connectivity index is 1.47. The zero-order chi connectivity index (χ0) is 25.1. The van der Waals surface area contributed by atoms with Crippen molar-refractivity contribution in [2.24, 2.45) is 0 Å². The fourth-order valence-electron chi connectivity index (χ4n) is 4.90. The monoisotopic (exact) mass is 507 g/mol. The summed E-state index contributed by atoms with van der Waals surface area (Å²) in [5.41, 5.74) is 4.15. The third kappa shape index (κ3) is 4.08. The van der Waals surface area contributed by atoms with Crippen molar-refractivity contribution in [2.45, 2.75) is 51.9 Å². The van der Waals surface area contributed by atoms with Gasteiger partial charge in [-0.05, 0) is 57.9 Å². The fraction of sp³-hybridized carbons (Fsp3) is 0.370. The molecule has 2 aliphatic rings. The first-order valence-electron chi connectivity index (χ1n) is 12.2. The van der Waals surface area contributed by atoms with Gasteiger partial charge in [-0.1, -0.05) is 11.6 Å². The van der Waals surface area contributed by atoms with Gasteiger partial charge in [0.15, 0.2) is 0 Å². The molecule has 6 rings (SSSR count). The van der Waals surface area contributed by atoms with Gasteiger partial charge in [0.2, 0.25) is 0 Å². The van der Waals surface area contributed by atoms with Crippen LogP contribution in [0.4, 0.5) is 10.1 Å². The molecule has 1 aromatic carbocycles. The average molecular weight is 508 g/mol. The minimum atomic E-state index is -0.463. The summed E-state index contributed by atoms with van der Waals surface area (Å²) in [7, 11) is 0. The predicted octanol–water partition coefficient (Wildman–Crippen LogP) is 5.27. The Bertz CT molecular complexity index is 1540. The zero-order valence-corrected chi connectivity index (χ0v) is 21.2. The Hall–Kier alpha value is -3.23. The molecule has 0 amide bonds. The van der Waals surface area contributed by atoms with E-state index in [2.05, 4.69) is 21.2 Å². The lowest BCUT2D eigenvalue weighted by atomic mass is 10.0. The zero-order valence-electron chi connectivity index (χ0n) is 20.4. The molecule has 1 saturated carbocycles. The summed E-state index contributed by atoms with van der Waals surface area (Å²) in [6.07, 6.45) is 7.88. The van der Waals surface area contributed by atoms with Gasteiger partial charge >= 0.3 is 0 Å². The SMILES string of the molecule is Cc1nc2c(-c3ccc(Cl)cc3F)cc(N3C[C@H](C)O[C@@H](c4cnn(C5CC5)c4)C3)cn2c(=O)c1C. The maximum atomic E-state index is 15.1. The second kappa shape index (κ2) is 8.71. The number of anilines is 1. The summed E-state index contributed by atoms with van der Waals surface area (Å²) in [6, 6.07) is 6.97. The van der Waals surface area contributed by atoms with Crippen LogP contribution < -0.4 is 10.5 Å². The fourth-order valence-corrected chi connectivity index (χ4v) is 5.06. The normalized spacial score (nSPS) is 20.3. The second-order valence-electron chi connectivity index (χ2n) is 9.88. The quantitative estimate of drug-likeness (QED) is 0.376. The Morgan fingerprint density at radius 2 is 1.92 bits per heavy atom. The lowest BCUT2D eigenvalue weighted by Gasteiger charge is -2.38. The van der Waals surface area contributed by atoms with E-state index in [1.165, 1.54) is 10.5 Å². The van der Waals surface area contributed by atoms with Crippen LogP contribution >= 0.6 is 11.6 Å². The van der Waals surface area contributed by atoms with Gasteiger partial charge in [-0.2, -0.15) is 5.10 Å². The van der Waals surface area contributed by atoms with E-state index < -0.39 is 5.82 Å². The number of fused-ring (bicyclic) bond motifs is 1. The number of benzene rings is 1. The number of aryl methyl sites for hydroxylation is 1. The molecule has 2 atom stereocenters. The van der Waals surface area contributed by atoms with Gasteiger partial charge in [0.25, 0.3) is 5.56 Å². The van der Waals surface area contributed by atoms with E-state index in [0.29, 0.717) is 52.2 Å². The molecule has 0 N–H and O–H groups in total. The molecular weight excluding hydrogens is 481 g/mol. The molecule has 9 heteroatoms. The van der Waals surface area contributed by atoms with Gasteiger partial charge in [0.05, 0.1) is 24.0 Å². The Labute approximate surface area is 213 Å². The van der Waals surface area contributed by atoms with Crippen LogP contribution in [0, 0.1) is 19.7 Å². The highest BCUT2D eigenvalue weighted by atomic mass is 35.5. The lowest BCUT2D eigenvalue weighted by Crippen LogP contribution is -2.43. The summed E-state index contributed by atoms with van der Waals surface area (Å²) >= 11 is 6.02. The molecule has 4 aromatic rings. The van der Waals surface area contributed by atoms with Crippen molar-refractivity contribution in [1.82, 2.24) is 19.2 Å². The van der Waals surface area contributed by atoms with Gasteiger partial charge in [0.1, 0.15) is 17.6 Å². The number of morpholine rings is 1. The number of ether oxygens (including phenoxy) is 1. The predicted molar refractivity (Wildman–Crippen MR) is 137 cm³/mol. The molecule has 186 valence electrons. The van der Waals surface area contributed by atoms with Crippen LogP contribution in [0.5, 0.6) is 0 Å². The van der Waals surface area contributed by atoms with Crippen LogP contribution in [0.1, 0.15) is 48.7 Å². The smallest absolute Gasteiger partial charge is 0.261 e. The molecule has 1 aliphatic heterocycles. The summed E-state index contributed by atoms with van der Waals surface area (Å²) in [5.74, 6) is -0.463. The number of rotatable bonds is 4. The second-order valence-corrected chi connectivity index (χ2v) is 10.3. The maximum absolute atomic E-state index is 15.1. The molecule has 3 aromatic heterocycles. The van der Waals surface area contributed by atoms with Gasteiger partial charge in [-0.15, -0.1) is 0 Å². The van der Waals surface area contributed by atoms with E-state index in [4.69, 9.17) is 16.3 Å². The highest BCUT2D eigenvalue weighted by Crippen LogP contribution is 2.37. The minimum Gasteiger partial charge on any atom is -0.367 e. The summed E-state index contributed by atoms with van der Waals surface area (Å²) in [6.45, 7) is 6.81. The molecule has 2 fully saturated rings. The number of aromatic nitrogens is 4. The summed E-state index contributed by atoms with van der Waals surface area (Å²) in [4.78, 5) is 20.1. The number of hydrogen-bond acceptors (Lipinski definition) is 5. The molecule has 7 nitrogen and oxygen atoms in total. The first-order chi connectivity index (χ1) is 17.3. The van der Waals surface area contributed by atoms with Crippen molar-refractivity contribution in [1.29, 1.82) is 0 Å². The topological polar surface area (TPSA) is 64.7 Å². The van der Waals surface area contributed by atoms with Crippen molar-refractivity contribution < 1.29 is 9.13 Å². The highest BCUT2D eigenvalue weighted by Gasteiger charge is 2.31. The summed E-state index contributed by atoms with van der Waals surface area (Å²) < 4.78 is 24.9. The Morgan fingerprint density at radius 1 is 1.11 bits per heavy atom. The third-order valence-electron chi connectivity index (χ3n) is 7.14. The van der Waals surface area contributed by atoms with E-state index in [-0.39, 0.29) is 17.8 Å². The largest absolute Gasteiger partial charge is 0.367 e. The van der Waals surface area contributed by atoms with Crippen molar-refractivity contribution in [3.05, 3.63) is 80.9 Å². The van der Waals surface area contributed by atoms with Crippen LogP contribution in [-0.4, -0.2) is 38.4 Å². The molecule has 0 bridgehead atoms. The van der Waals surface area contributed by atoms with Crippen molar-refractivity contribution in [3.8, 4) is 11.1 Å². The van der Waals surface area contributed by atoms with E-state index in [9.17, 15) is 4.79 Å². The number of nitrogens with zero attached hydrogens (tertiary/aromatic N) is 5. The van der Waals surface area contributed by atoms with Gasteiger partial charge in [0, 0.05) is 58.5 Å². The average Bonchev–Trinajstić information content (AvgIpc) is 3.58. The van der Waals surface area contributed by atoms with E-state index in [1.807, 2.05) is 23.9 Å². The summed E-state index contributed by atoms with van der Waals surface area (Å²) in [5, 5.41) is 4.84. The Kier molecular flexibility index (Phi) is 5.61. The van der Waals surface area contributed by atoms with Gasteiger partial charge in [-0.3, -0.25) is 13.9 Å². The molecular formula is C27H27ClFN5O2. The van der Waals surface area contributed by atoms with Gasteiger partial charge in [-0.25, -0.2) is 9.37 Å². The standard InChI is InChI=1S/C27H27ClFN5O2/c1-15-11-32(14-25(36-15)18-10-30-34(12-18)20-5-6-20)21-9-23(22-7-4-19(28)8-24(22)29)26-31-17(3)16(2)27(35)33(26)13-21/h4,7-10,12-13,15,20,25H,5-6,11,14H2,1-3H3/t15-,25+/m0/s1. The van der Waals surface area contributed by atoms with Crippen molar-refractivity contribution in [2.75, 3.05) is 18.0 Å². The molecule has 1 aliphatic carbocycles. The molecule has 1 saturated heterocycles. The number of pyridine rings is 1. The molecule has 4 heterocycles. The molecule has 0 unspecified atom stereocenters. The lowest BCUT2D eigenvalue weighted by molar-refractivity contribution is -0.0174. The maximum Gasteiger partial charge on any atom is 0.261 e. The minimum absolute atomic E-state index is 0.0472. The van der Waals surface area contributed by atoms with Crippen LogP contribution in [0.25, 0.3) is 16.8 Å². The van der Waals surface area contributed by atoms with E-state index >= 15 is 4.39 Å². The van der Waals surface area contributed by atoms with Crippen LogP contribution in [0.3, 0.4) is 0 Å². The van der Waals surface area contributed by atoms with E-state index in [0.717, 1.165) is 24.1 Å². The van der Waals surface area contributed by atoms with E-state index in [1.54, 1.807) is 32.2 Å². The third-order valence-corrected chi connectivity index (χ3v) is 7.37. The number of hydrogen-bond donors (Lipinski definition) is 0. The van der Waals surface area contributed by atoms with Crippen LogP contribution in [-0.2, 0) is 4.74 Å². The molecule has 0 radical (unpaired) electrons. The van der Waals surface area contributed by atoms with Crippen molar-refractivity contribution in [3.63, 3.8) is 0 Å². The Morgan fingerprint density at radius 3 is 2.67 bits per heavy atom. The van der Waals surface area contributed by atoms with Crippen molar-refractivity contribution >= 4 is 22.9 Å². The first-order valence-corrected chi connectivity index (χ1v) is 12.6. The molecule has 36 heavy (non-hydrogen) atoms. The van der Waals surface area contributed by atoms with Gasteiger partial charge < -0.3 is 9.64 Å². The molecule has 0 spiro atoms. The van der Waals surface area contributed by atoms with Crippen LogP contribution in [0.15, 0.2) is 47.7 Å².